The minimum Gasteiger partial charge on any atom is -0.448 e. The van der Waals surface area contributed by atoms with E-state index in [0.29, 0.717) is 0 Å². The fourth-order valence-corrected chi connectivity index (χ4v) is 1.09. The first-order chi connectivity index (χ1) is 9.13. The molecule has 0 heterocycles. The first-order valence-corrected chi connectivity index (χ1v) is 6.33. The Morgan fingerprint density at radius 2 is 1.79 bits per heavy atom. The van der Waals surface area contributed by atoms with Crippen molar-refractivity contribution in [3.05, 3.63) is 0 Å². The molecule has 8 nitrogen and oxygen atoms in total. The number of nitrogens with one attached hydrogen (secondary N) is 1. The molecule has 0 aliphatic carbocycles. The summed E-state index contributed by atoms with van der Waals surface area (Å²) >= 11 is 1.01. The van der Waals surface area contributed by atoms with Crippen LogP contribution >= 0.6 is 11.8 Å². The van der Waals surface area contributed by atoms with Crippen molar-refractivity contribution in [2.75, 3.05) is 19.5 Å². The number of amidine groups is 1. The Labute approximate surface area is 114 Å². The Bertz CT molecular complexity index is 424. The van der Waals surface area contributed by atoms with Crippen LogP contribution in [0.25, 0.3) is 0 Å². The standard InChI is InChI=1S/C10H12N4O4S/c1-19-8(13-9(15)17-6-2-4-11)14-10(16)18-7-3-5-12/h2-3,6-7H2,1H3,(H,13,14,15,16). The second-order valence-electron chi connectivity index (χ2n) is 2.81. The molecule has 0 spiro atoms. The largest absolute Gasteiger partial charge is 0.448 e. The summed E-state index contributed by atoms with van der Waals surface area (Å²) in [7, 11) is 0. The number of hydrogen-bond acceptors (Lipinski definition) is 7. The first-order valence-electron chi connectivity index (χ1n) is 5.11. The van der Waals surface area contributed by atoms with Crippen LogP contribution in [0.4, 0.5) is 9.59 Å². The third kappa shape index (κ3) is 9.44. The molecule has 0 rings (SSSR count). The third-order valence-electron chi connectivity index (χ3n) is 1.48. The van der Waals surface area contributed by atoms with E-state index in [9.17, 15) is 9.59 Å². The number of aliphatic imine (C=N–C) groups is 1. The zero-order chi connectivity index (χ0) is 14.5. The van der Waals surface area contributed by atoms with Crippen LogP contribution < -0.4 is 5.32 Å². The number of hydrogen-bond donors (Lipinski definition) is 1. The van der Waals surface area contributed by atoms with Crippen LogP contribution in [-0.4, -0.2) is 36.8 Å². The Kier molecular flexibility index (Phi) is 9.57. The lowest BCUT2D eigenvalue weighted by atomic mass is 10.5. The van der Waals surface area contributed by atoms with Gasteiger partial charge in [0.05, 0.1) is 25.0 Å². The molecule has 0 fully saturated rings. The van der Waals surface area contributed by atoms with Crippen molar-refractivity contribution >= 4 is 29.1 Å². The van der Waals surface area contributed by atoms with Crippen molar-refractivity contribution in [3.63, 3.8) is 0 Å². The van der Waals surface area contributed by atoms with Gasteiger partial charge in [0.25, 0.3) is 0 Å². The van der Waals surface area contributed by atoms with Gasteiger partial charge in [-0.15, -0.1) is 0 Å². The van der Waals surface area contributed by atoms with Crippen molar-refractivity contribution in [1.29, 1.82) is 10.5 Å². The van der Waals surface area contributed by atoms with Crippen LogP contribution in [0.1, 0.15) is 12.8 Å². The highest BCUT2D eigenvalue weighted by molar-refractivity contribution is 8.13. The van der Waals surface area contributed by atoms with Gasteiger partial charge in [-0.2, -0.15) is 15.5 Å². The SMILES string of the molecule is CSC(=NC(=O)OCCC#N)NC(=O)OCCC#N. The molecule has 0 aromatic rings. The Hall–Kier alpha value is -2.26. The van der Waals surface area contributed by atoms with Crippen molar-refractivity contribution < 1.29 is 19.1 Å². The lowest BCUT2D eigenvalue weighted by Crippen LogP contribution is -2.30. The molecule has 0 aliphatic heterocycles. The maximum atomic E-state index is 11.2. The molecule has 0 unspecified atom stereocenters. The van der Waals surface area contributed by atoms with Crippen LogP contribution in [0.5, 0.6) is 0 Å². The van der Waals surface area contributed by atoms with Gasteiger partial charge in [-0.25, -0.2) is 9.59 Å². The molecular formula is C10H12N4O4S. The molecule has 0 radical (unpaired) electrons. The summed E-state index contributed by atoms with van der Waals surface area (Å²) < 4.78 is 9.23. The normalized spacial score (nSPS) is 9.95. The van der Waals surface area contributed by atoms with E-state index in [1.807, 2.05) is 6.07 Å². The van der Waals surface area contributed by atoms with Gasteiger partial charge in [0.2, 0.25) is 0 Å². The summed E-state index contributed by atoms with van der Waals surface area (Å²) in [6, 6.07) is 3.61. The molecule has 0 bridgehead atoms. The van der Waals surface area contributed by atoms with Crippen LogP contribution in [-0.2, 0) is 9.47 Å². The summed E-state index contributed by atoms with van der Waals surface area (Å²) in [5.74, 6) is 0. The molecule has 0 aromatic carbocycles. The Morgan fingerprint density at radius 3 is 2.32 bits per heavy atom. The summed E-state index contributed by atoms with van der Waals surface area (Å²) in [5, 5.41) is 18.7. The second-order valence-corrected chi connectivity index (χ2v) is 3.61. The molecule has 0 aliphatic rings. The highest BCUT2D eigenvalue weighted by Gasteiger charge is 2.09. The average Bonchev–Trinajstić information content (AvgIpc) is 2.38. The number of nitrogens with zero attached hydrogens (tertiary/aromatic N) is 3. The van der Waals surface area contributed by atoms with E-state index < -0.39 is 12.2 Å². The van der Waals surface area contributed by atoms with Gasteiger partial charge in [-0.3, -0.25) is 5.32 Å². The smallest absolute Gasteiger partial charge is 0.436 e. The minimum atomic E-state index is -0.906. The van der Waals surface area contributed by atoms with Crippen LogP contribution in [0.2, 0.25) is 0 Å². The molecule has 0 atom stereocenters. The third-order valence-corrected chi connectivity index (χ3v) is 2.06. The van der Waals surface area contributed by atoms with E-state index in [1.165, 1.54) is 0 Å². The van der Waals surface area contributed by atoms with E-state index in [0.717, 1.165) is 11.8 Å². The minimum absolute atomic E-state index is 0.00363. The van der Waals surface area contributed by atoms with Crippen LogP contribution in [0.3, 0.4) is 0 Å². The molecule has 1 N–H and O–H groups in total. The Morgan fingerprint density at radius 1 is 1.21 bits per heavy atom. The summed E-state index contributed by atoms with van der Waals surface area (Å²) in [4.78, 5) is 25.8. The molecule has 9 heteroatoms. The maximum absolute atomic E-state index is 11.2. The molecule has 2 amide bonds. The van der Waals surface area contributed by atoms with Gasteiger partial charge < -0.3 is 9.47 Å². The summed E-state index contributed by atoms with van der Waals surface area (Å²) in [6.07, 6.45) is 0.0244. The lowest BCUT2D eigenvalue weighted by Gasteiger charge is -2.06. The highest BCUT2D eigenvalue weighted by Crippen LogP contribution is 1.98. The number of carbonyl (C=O) groups excluding carboxylic acids is 2. The van der Waals surface area contributed by atoms with E-state index in [1.54, 1.807) is 12.3 Å². The fraction of sp³-hybridized carbons (Fsp3) is 0.500. The molecular weight excluding hydrogens is 272 g/mol. The second kappa shape index (κ2) is 10.9. The predicted molar refractivity (Wildman–Crippen MR) is 67.2 cm³/mol. The highest BCUT2D eigenvalue weighted by atomic mass is 32.2. The molecule has 0 saturated carbocycles. The van der Waals surface area contributed by atoms with Gasteiger partial charge in [0, 0.05) is 0 Å². The first kappa shape index (κ1) is 16.7. The van der Waals surface area contributed by atoms with E-state index in [2.05, 4.69) is 19.8 Å². The lowest BCUT2D eigenvalue weighted by molar-refractivity contribution is 0.154. The molecule has 0 aromatic heterocycles. The number of amides is 2. The molecule has 19 heavy (non-hydrogen) atoms. The van der Waals surface area contributed by atoms with Gasteiger partial charge >= 0.3 is 12.2 Å². The quantitative estimate of drug-likeness (QED) is 0.469. The summed E-state index contributed by atoms with van der Waals surface area (Å²) in [6.45, 7) is -0.107. The molecule has 102 valence electrons. The van der Waals surface area contributed by atoms with Crippen molar-refractivity contribution in [3.8, 4) is 12.1 Å². The fourth-order valence-electron chi connectivity index (χ4n) is 0.737. The van der Waals surface area contributed by atoms with Gasteiger partial charge in [-0.1, -0.05) is 11.8 Å². The monoisotopic (exact) mass is 284 g/mol. The summed E-state index contributed by atoms with van der Waals surface area (Å²) in [5.41, 5.74) is 0. The van der Waals surface area contributed by atoms with E-state index >= 15 is 0 Å². The van der Waals surface area contributed by atoms with Crippen molar-refractivity contribution in [1.82, 2.24) is 5.32 Å². The van der Waals surface area contributed by atoms with Crippen molar-refractivity contribution in [2.45, 2.75) is 12.8 Å². The van der Waals surface area contributed by atoms with Crippen LogP contribution in [0, 0.1) is 22.7 Å². The topological polar surface area (TPSA) is 125 Å². The average molecular weight is 284 g/mol. The zero-order valence-electron chi connectivity index (χ0n) is 10.2. The van der Waals surface area contributed by atoms with Gasteiger partial charge in [0.1, 0.15) is 13.2 Å². The van der Waals surface area contributed by atoms with E-state index in [4.69, 9.17) is 10.5 Å². The number of ether oxygens (including phenoxy) is 2. The number of thioether (sulfide) groups is 1. The van der Waals surface area contributed by atoms with Crippen molar-refractivity contribution in [2.24, 2.45) is 4.99 Å². The number of rotatable bonds is 4. The zero-order valence-corrected chi connectivity index (χ0v) is 11.0. The van der Waals surface area contributed by atoms with E-state index in [-0.39, 0.29) is 31.2 Å². The van der Waals surface area contributed by atoms with Crippen LogP contribution in [0.15, 0.2) is 4.99 Å². The van der Waals surface area contributed by atoms with Gasteiger partial charge in [-0.05, 0) is 6.26 Å². The predicted octanol–water partition coefficient (Wildman–Crippen LogP) is 1.40. The number of alkyl carbamates (subject to hydrolysis) is 1. The maximum Gasteiger partial charge on any atom is 0.436 e. The number of nitriles is 2. The Balaban J connectivity index is 4.18. The molecule has 0 saturated heterocycles. The van der Waals surface area contributed by atoms with Gasteiger partial charge in [0.15, 0.2) is 5.17 Å². The number of carbonyl (C=O) groups is 2.